The van der Waals surface area contributed by atoms with Gasteiger partial charge in [-0.15, -0.1) is 0 Å². The predicted molar refractivity (Wildman–Crippen MR) is 74.3 cm³/mol. The first-order chi connectivity index (χ1) is 8.34. The van der Waals surface area contributed by atoms with Crippen LogP contribution in [0.25, 0.3) is 0 Å². The van der Waals surface area contributed by atoms with Crippen molar-refractivity contribution < 1.29 is 0 Å². The van der Waals surface area contributed by atoms with Gasteiger partial charge < -0.3 is 5.73 Å². The van der Waals surface area contributed by atoms with Crippen molar-refractivity contribution in [1.29, 1.82) is 0 Å². The van der Waals surface area contributed by atoms with Crippen LogP contribution in [0, 0.1) is 5.41 Å². The van der Waals surface area contributed by atoms with E-state index in [9.17, 15) is 0 Å². The summed E-state index contributed by atoms with van der Waals surface area (Å²) in [5, 5.41) is 7.36. The van der Waals surface area contributed by atoms with E-state index in [1.807, 2.05) is 6.20 Å². The highest BCUT2D eigenvalue weighted by Crippen LogP contribution is 2.31. The van der Waals surface area contributed by atoms with Gasteiger partial charge in [-0.3, -0.25) is 10.00 Å². The molecule has 4 nitrogen and oxygen atoms in total. The van der Waals surface area contributed by atoms with Crippen molar-refractivity contribution in [2.45, 2.75) is 46.1 Å². The molecule has 0 radical (unpaired) electrons. The lowest BCUT2D eigenvalue weighted by Gasteiger charge is -2.24. The number of nitrogens with one attached hydrogen (secondary N) is 1. The average molecular weight is 250 g/mol. The standard InChI is InChI=1S/C14H26N4/c1-13(2,3)12-11(7-16-17-12)8-18-6-5-14(4,9-15)10-18/h7H,5-6,8-10,15H2,1-4H3,(H,16,17). The molecule has 3 N–H and O–H groups in total. The fraction of sp³-hybridized carbons (Fsp3) is 0.786. The molecule has 0 aliphatic carbocycles. The number of H-pyrrole nitrogens is 1. The molecule has 1 saturated heterocycles. The van der Waals surface area contributed by atoms with Crippen molar-refractivity contribution in [3.63, 3.8) is 0 Å². The van der Waals surface area contributed by atoms with Gasteiger partial charge in [0.25, 0.3) is 0 Å². The van der Waals surface area contributed by atoms with E-state index >= 15 is 0 Å². The Kier molecular flexibility index (Phi) is 3.52. The number of hydrogen-bond donors (Lipinski definition) is 2. The van der Waals surface area contributed by atoms with Crippen LogP contribution in [-0.4, -0.2) is 34.7 Å². The SMILES string of the molecule is CC1(CN)CCN(Cc2cn[nH]c2C(C)(C)C)C1. The lowest BCUT2D eigenvalue weighted by molar-refractivity contribution is 0.273. The fourth-order valence-corrected chi connectivity index (χ4v) is 2.75. The molecule has 1 aromatic heterocycles. The summed E-state index contributed by atoms with van der Waals surface area (Å²) in [7, 11) is 0. The molecule has 4 heteroatoms. The van der Waals surface area contributed by atoms with E-state index in [-0.39, 0.29) is 5.41 Å². The second-order valence-corrected chi connectivity index (χ2v) is 7.00. The van der Waals surface area contributed by atoms with Gasteiger partial charge in [0.1, 0.15) is 0 Å². The summed E-state index contributed by atoms with van der Waals surface area (Å²) in [4.78, 5) is 2.49. The highest BCUT2D eigenvalue weighted by atomic mass is 15.2. The molecule has 1 unspecified atom stereocenters. The quantitative estimate of drug-likeness (QED) is 0.861. The molecule has 0 amide bonds. The molecule has 1 aromatic rings. The van der Waals surface area contributed by atoms with E-state index in [0.29, 0.717) is 5.41 Å². The van der Waals surface area contributed by atoms with E-state index in [1.54, 1.807) is 0 Å². The second kappa shape index (κ2) is 4.67. The molecule has 1 fully saturated rings. The van der Waals surface area contributed by atoms with Crippen LogP contribution in [0.2, 0.25) is 0 Å². The molecule has 18 heavy (non-hydrogen) atoms. The normalized spacial score (nSPS) is 25.8. The smallest absolute Gasteiger partial charge is 0.0535 e. The zero-order chi connectivity index (χ0) is 13.4. The topological polar surface area (TPSA) is 57.9 Å². The van der Waals surface area contributed by atoms with Crippen LogP contribution in [0.15, 0.2) is 6.20 Å². The van der Waals surface area contributed by atoms with Crippen LogP contribution in [0.4, 0.5) is 0 Å². The molecule has 0 aromatic carbocycles. The molecule has 102 valence electrons. The molecule has 0 saturated carbocycles. The summed E-state index contributed by atoms with van der Waals surface area (Å²) >= 11 is 0. The third-order valence-corrected chi connectivity index (χ3v) is 3.99. The van der Waals surface area contributed by atoms with Crippen molar-refractivity contribution in [3.8, 4) is 0 Å². The molecular weight excluding hydrogens is 224 g/mol. The maximum absolute atomic E-state index is 5.86. The van der Waals surface area contributed by atoms with Crippen molar-refractivity contribution in [3.05, 3.63) is 17.5 Å². The molecule has 0 bridgehead atoms. The second-order valence-electron chi connectivity index (χ2n) is 7.00. The Morgan fingerprint density at radius 3 is 2.78 bits per heavy atom. The van der Waals surface area contributed by atoms with Crippen LogP contribution in [0.5, 0.6) is 0 Å². The largest absolute Gasteiger partial charge is 0.330 e. The summed E-state index contributed by atoms with van der Waals surface area (Å²) < 4.78 is 0. The van der Waals surface area contributed by atoms with E-state index in [2.05, 4.69) is 42.8 Å². The number of aromatic nitrogens is 2. The Morgan fingerprint density at radius 1 is 1.50 bits per heavy atom. The monoisotopic (exact) mass is 250 g/mol. The lowest BCUT2D eigenvalue weighted by atomic mass is 9.89. The number of aromatic amines is 1. The van der Waals surface area contributed by atoms with Gasteiger partial charge in [0.2, 0.25) is 0 Å². The highest BCUT2D eigenvalue weighted by molar-refractivity contribution is 5.23. The predicted octanol–water partition coefficient (Wildman–Crippen LogP) is 1.88. The van der Waals surface area contributed by atoms with Crippen LogP contribution >= 0.6 is 0 Å². The number of hydrogen-bond acceptors (Lipinski definition) is 3. The molecule has 1 aliphatic rings. The van der Waals surface area contributed by atoms with E-state index < -0.39 is 0 Å². The Labute approximate surface area is 110 Å². The van der Waals surface area contributed by atoms with Crippen LogP contribution < -0.4 is 5.73 Å². The van der Waals surface area contributed by atoms with Gasteiger partial charge >= 0.3 is 0 Å². The summed E-state index contributed by atoms with van der Waals surface area (Å²) in [5.74, 6) is 0. The van der Waals surface area contributed by atoms with Gasteiger partial charge in [-0.05, 0) is 24.9 Å². The fourth-order valence-electron chi connectivity index (χ4n) is 2.75. The van der Waals surface area contributed by atoms with Crippen LogP contribution in [0.1, 0.15) is 45.4 Å². The first-order valence-electron chi connectivity index (χ1n) is 6.79. The number of nitrogens with two attached hydrogens (primary N) is 1. The van der Waals surface area contributed by atoms with Crippen molar-refractivity contribution >= 4 is 0 Å². The van der Waals surface area contributed by atoms with E-state index in [0.717, 1.165) is 26.2 Å². The van der Waals surface area contributed by atoms with Gasteiger partial charge in [-0.25, -0.2) is 0 Å². The van der Waals surface area contributed by atoms with Gasteiger partial charge in [0, 0.05) is 29.8 Å². The maximum Gasteiger partial charge on any atom is 0.0535 e. The lowest BCUT2D eigenvalue weighted by Crippen LogP contribution is -2.31. The summed E-state index contributed by atoms with van der Waals surface area (Å²) in [6.07, 6.45) is 3.17. The van der Waals surface area contributed by atoms with Gasteiger partial charge in [-0.1, -0.05) is 27.7 Å². The molecule has 1 atom stereocenters. The zero-order valence-corrected chi connectivity index (χ0v) is 12.1. The summed E-state index contributed by atoms with van der Waals surface area (Å²) in [6, 6.07) is 0. The Balaban J connectivity index is 2.06. The van der Waals surface area contributed by atoms with Gasteiger partial charge in [0.05, 0.1) is 6.20 Å². The zero-order valence-electron chi connectivity index (χ0n) is 12.1. The third-order valence-electron chi connectivity index (χ3n) is 3.99. The number of likely N-dealkylation sites (tertiary alicyclic amines) is 1. The molecular formula is C14H26N4. The highest BCUT2D eigenvalue weighted by Gasteiger charge is 2.33. The van der Waals surface area contributed by atoms with Crippen molar-refractivity contribution in [2.24, 2.45) is 11.1 Å². The number of nitrogens with zero attached hydrogens (tertiary/aromatic N) is 2. The van der Waals surface area contributed by atoms with Crippen LogP contribution in [0.3, 0.4) is 0 Å². The van der Waals surface area contributed by atoms with Gasteiger partial charge in [-0.2, -0.15) is 5.10 Å². The van der Waals surface area contributed by atoms with Crippen molar-refractivity contribution in [2.75, 3.05) is 19.6 Å². The van der Waals surface area contributed by atoms with Crippen LogP contribution in [-0.2, 0) is 12.0 Å². The maximum atomic E-state index is 5.86. The minimum Gasteiger partial charge on any atom is -0.330 e. The number of rotatable bonds is 3. The first kappa shape index (κ1) is 13.6. The Hall–Kier alpha value is -0.870. The summed E-state index contributed by atoms with van der Waals surface area (Å²) in [5.41, 5.74) is 8.86. The summed E-state index contributed by atoms with van der Waals surface area (Å²) in [6.45, 7) is 12.9. The average Bonchev–Trinajstić information content (AvgIpc) is 2.86. The third kappa shape index (κ3) is 2.75. The first-order valence-corrected chi connectivity index (χ1v) is 6.79. The van der Waals surface area contributed by atoms with E-state index in [4.69, 9.17) is 5.73 Å². The van der Waals surface area contributed by atoms with Crippen molar-refractivity contribution in [1.82, 2.24) is 15.1 Å². The van der Waals surface area contributed by atoms with E-state index in [1.165, 1.54) is 17.7 Å². The molecule has 0 spiro atoms. The minimum atomic E-state index is 0.128. The molecule has 2 rings (SSSR count). The molecule has 1 aliphatic heterocycles. The Bertz CT molecular complexity index is 404. The van der Waals surface area contributed by atoms with Gasteiger partial charge in [0.15, 0.2) is 0 Å². The minimum absolute atomic E-state index is 0.128. The molecule has 2 heterocycles. The Morgan fingerprint density at radius 2 is 2.22 bits per heavy atom.